The van der Waals surface area contributed by atoms with Gasteiger partial charge in [-0.25, -0.2) is 4.98 Å². The first-order chi connectivity index (χ1) is 12.2. The zero-order valence-corrected chi connectivity index (χ0v) is 13.7. The van der Waals surface area contributed by atoms with Crippen molar-refractivity contribution in [3.63, 3.8) is 0 Å². The summed E-state index contributed by atoms with van der Waals surface area (Å²) in [5, 5.41) is 3.12. The van der Waals surface area contributed by atoms with Crippen molar-refractivity contribution >= 4 is 16.9 Å². The molecule has 0 bridgehead atoms. The smallest absolute Gasteiger partial charge is 0.255 e. The van der Waals surface area contributed by atoms with Crippen LogP contribution >= 0.6 is 0 Å². The van der Waals surface area contributed by atoms with Crippen LogP contribution in [0.3, 0.4) is 0 Å². The summed E-state index contributed by atoms with van der Waals surface area (Å²) in [6.45, 7) is 1.78. The molecule has 0 spiro atoms. The van der Waals surface area contributed by atoms with Gasteiger partial charge in [-0.3, -0.25) is 4.79 Å². The molecule has 2 heterocycles. The quantitative estimate of drug-likeness (QED) is 0.594. The van der Waals surface area contributed by atoms with Gasteiger partial charge in [-0.2, -0.15) is 0 Å². The van der Waals surface area contributed by atoms with Gasteiger partial charge in [0.05, 0.1) is 35.2 Å². The minimum absolute atomic E-state index is 0.162. The second-order valence-electron chi connectivity index (χ2n) is 5.89. The molecule has 0 aliphatic heterocycles. The van der Waals surface area contributed by atoms with E-state index >= 15 is 0 Å². The van der Waals surface area contributed by atoms with E-state index in [2.05, 4.69) is 15.3 Å². The number of carbonyl (C=O) groups is 1. The Morgan fingerprint density at radius 2 is 1.96 bits per heavy atom. The molecule has 2 aromatic heterocycles. The lowest BCUT2D eigenvalue weighted by Crippen LogP contribution is -2.29. The lowest BCUT2D eigenvalue weighted by molar-refractivity contribution is 0.0941. The molecule has 2 N–H and O–H groups in total. The molecular weight excluding hydrogens is 314 g/mol. The van der Waals surface area contributed by atoms with Crippen LogP contribution in [0.1, 0.15) is 33.3 Å². The van der Waals surface area contributed by atoms with E-state index in [1.165, 1.54) is 6.26 Å². The van der Waals surface area contributed by atoms with Crippen molar-refractivity contribution in [3.8, 4) is 0 Å². The SMILES string of the molecule is Cc1occc1C(=O)N[C@@H](c1ccccc1)c1ccc2nc[nH]c2c1. The minimum atomic E-state index is -0.268. The first kappa shape index (κ1) is 15.2. The number of carbonyl (C=O) groups excluding carboxylic acids is 1. The fraction of sp³-hybridized carbons (Fsp3) is 0.100. The lowest BCUT2D eigenvalue weighted by Gasteiger charge is -2.20. The summed E-state index contributed by atoms with van der Waals surface area (Å²) >= 11 is 0. The molecule has 1 amide bonds. The number of aryl methyl sites for hydroxylation is 1. The van der Waals surface area contributed by atoms with Crippen molar-refractivity contribution in [2.75, 3.05) is 0 Å². The summed E-state index contributed by atoms with van der Waals surface area (Å²) in [5.74, 6) is 0.443. The summed E-state index contributed by atoms with van der Waals surface area (Å²) in [6.07, 6.45) is 3.19. The van der Waals surface area contributed by atoms with Crippen molar-refractivity contribution in [2.24, 2.45) is 0 Å². The van der Waals surface area contributed by atoms with Crippen LogP contribution in [0.4, 0.5) is 0 Å². The van der Waals surface area contributed by atoms with Gasteiger partial charge in [0.25, 0.3) is 5.91 Å². The number of hydrogen-bond donors (Lipinski definition) is 2. The van der Waals surface area contributed by atoms with Gasteiger partial charge in [-0.15, -0.1) is 0 Å². The maximum atomic E-state index is 12.7. The van der Waals surface area contributed by atoms with E-state index in [4.69, 9.17) is 4.42 Å². The Morgan fingerprint density at radius 3 is 2.72 bits per heavy atom. The van der Waals surface area contributed by atoms with Gasteiger partial charge in [-0.1, -0.05) is 36.4 Å². The third-order valence-corrected chi connectivity index (χ3v) is 4.29. The number of H-pyrrole nitrogens is 1. The molecule has 0 radical (unpaired) electrons. The highest BCUT2D eigenvalue weighted by Gasteiger charge is 2.20. The maximum Gasteiger partial charge on any atom is 0.255 e. The number of hydrogen-bond acceptors (Lipinski definition) is 3. The predicted octanol–water partition coefficient (Wildman–Crippen LogP) is 3.98. The Morgan fingerprint density at radius 1 is 1.12 bits per heavy atom. The highest BCUT2D eigenvalue weighted by molar-refractivity contribution is 5.95. The van der Waals surface area contributed by atoms with Crippen LogP contribution in [-0.4, -0.2) is 15.9 Å². The summed E-state index contributed by atoms with van der Waals surface area (Å²) in [5.41, 5.74) is 4.37. The van der Waals surface area contributed by atoms with Crippen LogP contribution in [0.5, 0.6) is 0 Å². The number of benzene rings is 2. The van der Waals surface area contributed by atoms with Crippen molar-refractivity contribution in [2.45, 2.75) is 13.0 Å². The number of imidazole rings is 1. The number of nitrogens with one attached hydrogen (secondary N) is 2. The van der Waals surface area contributed by atoms with Crippen molar-refractivity contribution in [3.05, 3.63) is 89.6 Å². The van der Waals surface area contributed by atoms with E-state index in [1.54, 1.807) is 19.3 Å². The number of aromatic nitrogens is 2. The van der Waals surface area contributed by atoms with Crippen LogP contribution in [-0.2, 0) is 0 Å². The molecular formula is C20H17N3O2. The molecule has 1 atom stereocenters. The van der Waals surface area contributed by atoms with E-state index in [1.807, 2.05) is 48.5 Å². The first-order valence-corrected chi connectivity index (χ1v) is 8.05. The molecule has 0 aliphatic rings. The lowest BCUT2D eigenvalue weighted by atomic mass is 9.98. The highest BCUT2D eigenvalue weighted by Crippen LogP contribution is 2.25. The summed E-state index contributed by atoms with van der Waals surface area (Å²) < 4.78 is 5.25. The zero-order valence-electron chi connectivity index (χ0n) is 13.7. The number of fused-ring (bicyclic) bond motifs is 1. The van der Waals surface area contributed by atoms with Crippen LogP contribution < -0.4 is 5.32 Å². The van der Waals surface area contributed by atoms with Crippen LogP contribution in [0.25, 0.3) is 11.0 Å². The van der Waals surface area contributed by atoms with E-state index in [-0.39, 0.29) is 11.9 Å². The fourth-order valence-corrected chi connectivity index (χ4v) is 2.97. The number of aromatic amines is 1. The van der Waals surface area contributed by atoms with Crippen molar-refractivity contribution in [1.82, 2.24) is 15.3 Å². The molecule has 4 aromatic rings. The molecule has 5 nitrogen and oxygen atoms in total. The van der Waals surface area contributed by atoms with Crippen molar-refractivity contribution in [1.29, 1.82) is 0 Å². The van der Waals surface area contributed by atoms with Gasteiger partial charge in [0.2, 0.25) is 0 Å². The topological polar surface area (TPSA) is 70.9 Å². The zero-order chi connectivity index (χ0) is 17.2. The summed E-state index contributed by atoms with van der Waals surface area (Å²) in [7, 11) is 0. The third-order valence-electron chi connectivity index (χ3n) is 4.29. The second kappa shape index (κ2) is 6.28. The summed E-state index contributed by atoms with van der Waals surface area (Å²) in [4.78, 5) is 20.1. The number of amides is 1. The minimum Gasteiger partial charge on any atom is -0.469 e. The van der Waals surface area contributed by atoms with Crippen LogP contribution in [0.15, 0.2) is 71.6 Å². The molecule has 0 fully saturated rings. The molecule has 5 heteroatoms. The normalized spacial score (nSPS) is 12.2. The second-order valence-corrected chi connectivity index (χ2v) is 5.89. The van der Waals surface area contributed by atoms with E-state index in [0.717, 1.165) is 22.2 Å². The van der Waals surface area contributed by atoms with Crippen LogP contribution in [0, 0.1) is 6.92 Å². The highest BCUT2D eigenvalue weighted by atomic mass is 16.3. The monoisotopic (exact) mass is 331 g/mol. The molecule has 2 aromatic carbocycles. The van der Waals surface area contributed by atoms with Gasteiger partial charge < -0.3 is 14.7 Å². The van der Waals surface area contributed by atoms with Gasteiger partial charge in [0, 0.05) is 0 Å². The van der Waals surface area contributed by atoms with E-state index in [9.17, 15) is 4.79 Å². The van der Waals surface area contributed by atoms with Crippen molar-refractivity contribution < 1.29 is 9.21 Å². The Labute approximate surface area is 144 Å². The standard InChI is InChI=1S/C20H17N3O2/c1-13-16(9-10-25-13)20(24)23-19(14-5-3-2-4-6-14)15-7-8-17-18(11-15)22-12-21-17/h2-12,19H,1H3,(H,21,22)(H,23,24)/t19-/m0/s1. The van der Waals surface area contributed by atoms with E-state index in [0.29, 0.717) is 11.3 Å². The largest absolute Gasteiger partial charge is 0.469 e. The maximum absolute atomic E-state index is 12.7. The average molecular weight is 331 g/mol. The molecule has 0 aliphatic carbocycles. The molecule has 4 rings (SSSR count). The number of nitrogens with zero attached hydrogens (tertiary/aromatic N) is 1. The molecule has 25 heavy (non-hydrogen) atoms. The first-order valence-electron chi connectivity index (χ1n) is 8.05. The summed E-state index contributed by atoms with van der Waals surface area (Å²) in [6, 6.07) is 17.3. The van der Waals surface area contributed by atoms with E-state index < -0.39 is 0 Å². The number of furan rings is 1. The predicted molar refractivity (Wildman–Crippen MR) is 95.3 cm³/mol. The van der Waals surface area contributed by atoms with Gasteiger partial charge in [0.15, 0.2) is 0 Å². The molecule has 0 saturated heterocycles. The Kier molecular flexibility index (Phi) is 3.82. The third kappa shape index (κ3) is 2.92. The molecule has 0 saturated carbocycles. The Bertz CT molecular complexity index is 1020. The molecule has 0 unspecified atom stereocenters. The number of rotatable bonds is 4. The average Bonchev–Trinajstić information content (AvgIpc) is 3.28. The van der Waals surface area contributed by atoms with Gasteiger partial charge >= 0.3 is 0 Å². The van der Waals surface area contributed by atoms with Gasteiger partial charge in [-0.05, 0) is 36.2 Å². The molecule has 124 valence electrons. The van der Waals surface area contributed by atoms with Crippen LogP contribution in [0.2, 0.25) is 0 Å². The van der Waals surface area contributed by atoms with Gasteiger partial charge in [0.1, 0.15) is 5.76 Å². The Hall–Kier alpha value is -3.34. The Balaban J connectivity index is 1.74. The fourth-order valence-electron chi connectivity index (χ4n) is 2.97.